The summed E-state index contributed by atoms with van der Waals surface area (Å²) < 4.78 is 17.1. The van der Waals surface area contributed by atoms with Crippen LogP contribution in [-0.4, -0.2) is 42.4 Å². The SMILES string of the molecule is CCC1OC1CC1OC1CC1OC1CCCCCCCC(C)=O. The van der Waals surface area contributed by atoms with Gasteiger partial charge in [-0.2, -0.15) is 0 Å². The van der Waals surface area contributed by atoms with Crippen molar-refractivity contribution in [3.05, 3.63) is 0 Å². The van der Waals surface area contributed by atoms with Gasteiger partial charge in [-0.3, -0.25) is 0 Å². The molecule has 3 rings (SSSR count). The van der Waals surface area contributed by atoms with E-state index in [9.17, 15) is 4.79 Å². The molecule has 0 aromatic rings. The van der Waals surface area contributed by atoms with Gasteiger partial charge in [0.2, 0.25) is 0 Å². The summed E-state index contributed by atoms with van der Waals surface area (Å²) in [5.74, 6) is 0.318. The van der Waals surface area contributed by atoms with Crippen LogP contribution in [0.15, 0.2) is 0 Å². The average molecular weight is 324 g/mol. The molecule has 3 fully saturated rings. The standard InChI is InChI=1S/C19H32O4/c1-3-14-16(21-14)11-18-19(23-18)12-17-15(22-17)10-8-6-4-5-7-9-13(2)20/h14-19H,3-12H2,1-2H3. The van der Waals surface area contributed by atoms with E-state index in [-0.39, 0.29) is 0 Å². The van der Waals surface area contributed by atoms with Gasteiger partial charge in [0.1, 0.15) is 5.78 Å². The van der Waals surface area contributed by atoms with E-state index in [4.69, 9.17) is 14.2 Å². The van der Waals surface area contributed by atoms with Crippen LogP contribution in [0.2, 0.25) is 0 Å². The number of ketones is 1. The van der Waals surface area contributed by atoms with Gasteiger partial charge in [0.25, 0.3) is 0 Å². The summed E-state index contributed by atoms with van der Waals surface area (Å²) in [6, 6.07) is 0. The van der Waals surface area contributed by atoms with Gasteiger partial charge in [-0.25, -0.2) is 0 Å². The van der Waals surface area contributed by atoms with E-state index in [1.165, 1.54) is 32.1 Å². The second kappa shape index (κ2) is 8.09. The van der Waals surface area contributed by atoms with Crippen LogP contribution < -0.4 is 0 Å². The van der Waals surface area contributed by atoms with Gasteiger partial charge in [0.05, 0.1) is 36.6 Å². The molecule has 0 bridgehead atoms. The van der Waals surface area contributed by atoms with Crippen molar-refractivity contribution in [2.45, 2.75) is 115 Å². The lowest BCUT2D eigenvalue weighted by molar-refractivity contribution is -0.117. The second-order valence-electron chi connectivity index (χ2n) is 7.53. The van der Waals surface area contributed by atoms with E-state index in [1.54, 1.807) is 6.92 Å². The number of hydrogen-bond acceptors (Lipinski definition) is 4. The normalized spacial score (nSPS) is 37.7. The lowest BCUT2D eigenvalue weighted by Crippen LogP contribution is -2.05. The molecule has 0 N–H and O–H groups in total. The lowest BCUT2D eigenvalue weighted by Gasteiger charge is -1.99. The van der Waals surface area contributed by atoms with E-state index in [0.29, 0.717) is 42.4 Å². The molecular formula is C19H32O4. The Kier molecular flexibility index (Phi) is 6.11. The number of ether oxygens (including phenoxy) is 3. The highest BCUT2D eigenvalue weighted by molar-refractivity contribution is 5.75. The Labute approximate surface area is 140 Å². The van der Waals surface area contributed by atoms with Gasteiger partial charge in [0, 0.05) is 19.3 Å². The fourth-order valence-corrected chi connectivity index (χ4v) is 3.69. The highest BCUT2D eigenvalue weighted by Crippen LogP contribution is 2.41. The molecule has 23 heavy (non-hydrogen) atoms. The summed E-state index contributed by atoms with van der Waals surface area (Å²) in [6.07, 6.45) is 14.0. The Hall–Kier alpha value is -0.450. The van der Waals surface area contributed by atoms with Crippen molar-refractivity contribution in [2.24, 2.45) is 0 Å². The molecular weight excluding hydrogens is 292 g/mol. The third kappa shape index (κ3) is 5.84. The van der Waals surface area contributed by atoms with Gasteiger partial charge in [-0.05, 0) is 26.2 Å². The van der Waals surface area contributed by atoms with Crippen molar-refractivity contribution in [1.29, 1.82) is 0 Å². The molecule has 4 heteroatoms. The highest BCUT2D eigenvalue weighted by Gasteiger charge is 2.51. The van der Waals surface area contributed by atoms with E-state index in [2.05, 4.69) is 6.92 Å². The van der Waals surface area contributed by atoms with Gasteiger partial charge in [-0.1, -0.05) is 32.6 Å². The van der Waals surface area contributed by atoms with E-state index in [0.717, 1.165) is 32.1 Å². The molecule has 0 saturated carbocycles. The van der Waals surface area contributed by atoms with Crippen LogP contribution in [0.3, 0.4) is 0 Å². The molecule has 0 amide bonds. The molecule has 6 unspecified atom stereocenters. The highest BCUT2D eigenvalue weighted by atomic mass is 16.6. The summed E-state index contributed by atoms with van der Waals surface area (Å²) >= 11 is 0. The zero-order valence-corrected chi connectivity index (χ0v) is 14.7. The van der Waals surface area contributed by atoms with Crippen molar-refractivity contribution in [2.75, 3.05) is 0 Å². The van der Waals surface area contributed by atoms with Crippen molar-refractivity contribution in [3.8, 4) is 0 Å². The first-order valence-corrected chi connectivity index (χ1v) is 9.63. The van der Waals surface area contributed by atoms with Gasteiger partial charge >= 0.3 is 0 Å². The molecule has 3 aliphatic rings. The molecule has 0 aromatic heterocycles. The van der Waals surface area contributed by atoms with Crippen molar-refractivity contribution in [1.82, 2.24) is 0 Å². The molecule has 4 nitrogen and oxygen atoms in total. The minimum absolute atomic E-state index is 0.318. The second-order valence-corrected chi connectivity index (χ2v) is 7.53. The zero-order chi connectivity index (χ0) is 16.2. The smallest absolute Gasteiger partial charge is 0.129 e. The third-order valence-electron chi connectivity index (χ3n) is 5.41. The Morgan fingerprint density at radius 2 is 1.26 bits per heavy atom. The van der Waals surface area contributed by atoms with Crippen LogP contribution in [0.5, 0.6) is 0 Å². The first-order valence-electron chi connectivity index (χ1n) is 9.63. The van der Waals surface area contributed by atoms with E-state index >= 15 is 0 Å². The maximum Gasteiger partial charge on any atom is 0.129 e. The number of carbonyl (C=O) groups is 1. The number of rotatable bonds is 13. The first-order chi connectivity index (χ1) is 11.2. The minimum atomic E-state index is 0.318. The average Bonchev–Trinajstić information content (AvgIpc) is 3.40. The molecule has 0 aromatic carbocycles. The number of unbranched alkanes of at least 4 members (excludes halogenated alkanes) is 4. The molecule has 0 spiro atoms. The van der Waals surface area contributed by atoms with Crippen LogP contribution in [0.1, 0.15) is 78.1 Å². The topological polar surface area (TPSA) is 54.7 Å². The Morgan fingerprint density at radius 1 is 0.739 bits per heavy atom. The van der Waals surface area contributed by atoms with Crippen molar-refractivity contribution in [3.63, 3.8) is 0 Å². The third-order valence-corrected chi connectivity index (χ3v) is 5.41. The largest absolute Gasteiger partial charge is 0.369 e. The van der Waals surface area contributed by atoms with E-state index in [1.807, 2.05) is 0 Å². The molecule has 3 saturated heterocycles. The number of epoxide rings is 3. The predicted octanol–water partition coefficient (Wildman–Crippen LogP) is 3.80. The summed E-state index contributed by atoms with van der Waals surface area (Å²) in [5.41, 5.74) is 0. The van der Waals surface area contributed by atoms with Gasteiger partial charge in [-0.15, -0.1) is 0 Å². The number of hydrogen-bond donors (Lipinski definition) is 0. The molecule has 132 valence electrons. The lowest BCUT2D eigenvalue weighted by atomic mass is 10.0. The number of Topliss-reactive ketones (excluding diaryl/α,β-unsaturated/α-hetero) is 1. The summed E-state index contributed by atoms with van der Waals surface area (Å²) in [4.78, 5) is 10.8. The Balaban J connectivity index is 1.13. The fourth-order valence-electron chi connectivity index (χ4n) is 3.69. The first kappa shape index (κ1) is 17.4. The van der Waals surface area contributed by atoms with Crippen LogP contribution in [-0.2, 0) is 19.0 Å². The van der Waals surface area contributed by atoms with Crippen LogP contribution in [0, 0.1) is 0 Å². The predicted molar refractivity (Wildman–Crippen MR) is 88.5 cm³/mol. The van der Waals surface area contributed by atoms with Crippen LogP contribution in [0.25, 0.3) is 0 Å². The summed E-state index contributed by atoms with van der Waals surface area (Å²) in [5, 5.41) is 0. The molecule has 0 aliphatic carbocycles. The Bertz CT molecular complexity index is 397. The van der Waals surface area contributed by atoms with Crippen LogP contribution >= 0.6 is 0 Å². The van der Waals surface area contributed by atoms with Crippen molar-refractivity contribution >= 4 is 5.78 Å². The van der Waals surface area contributed by atoms with Crippen molar-refractivity contribution < 1.29 is 19.0 Å². The molecule has 3 heterocycles. The van der Waals surface area contributed by atoms with E-state index < -0.39 is 0 Å². The molecule has 6 atom stereocenters. The van der Waals surface area contributed by atoms with Gasteiger partial charge < -0.3 is 19.0 Å². The monoisotopic (exact) mass is 324 g/mol. The van der Waals surface area contributed by atoms with Crippen LogP contribution in [0.4, 0.5) is 0 Å². The fraction of sp³-hybridized carbons (Fsp3) is 0.947. The van der Waals surface area contributed by atoms with Gasteiger partial charge in [0.15, 0.2) is 0 Å². The molecule has 0 radical (unpaired) electrons. The number of carbonyl (C=O) groups excluding carboxylic acids is 1. The maximum absolute atomic E-state index is 10.8. The summed E-state index contributed by atoms with van der Waals surface area (Å²) in [7, 11) is 0. The zero-order valence-electron chi connectivity index (χ0n) is 14.7. The minimum Gasteiger partial charge on any atom is -0.369 e. The quantitative estimate of drug-likeness (QED) is 0.382. The summed E-state index contributed by atoms with van der Waals surface area (Å²) in [6.45, 7) is 3.86. The Morgan fingerprint density at radius 3 is 1.91 bits per heavy atom. The molecule has 3 aliphatic heterocycles. The maximum atomic E-state index is 10.8.